The lowest BCUT2D eigenvalue weighted by Crippen LogP contribution is -2.60. The molecule has 0 bridgehead atoms. The Morgan fingerprint density at radius 1 is 0.918 bits per heavy atom. The minimum absolute atomic E-state index is 0.117. The number of amides is 6. The molecule has 3 atom stereocenters. The molecular formula is C34H63F3N6O6. The number of likely N-dealkylation sites (tertiary alicyclic amines) is 1. The molecule has 1 aliphatic rings. The number of rotatable bonds is 15. The number of halogens is 3. The van der Waals surface area contributed by atoms with E-state index in [1.165, 1.54) is 4.90 Å². The molecule has 6 amide bonds. The van der Waals surface area contributed by atoms with Crippen LogP contribution in [-0.2, 0) is 24.0 Å². The number of nitrogens with zero attached hydrogens (tertiary/aromatic N) is 2. The fourth-order valence-electron chi connectivity index (χ4n) is 4.60. The Kier molecular flexibility index (Phi) is 21.8. The number of carbonyl (C=O) groups excluding carboxylic acids is 6. The number of Topliss-reactive ketones (excluding diaryl/α,β-unsaturated/α-hetero) is 1. The van der Waals surface area contributed by atoms with Crippen molar-refractivity contribution in [3.8, 4) is 0 Å². The number of hydrogen-bond acceptors (Lipinski definition) is 6. The Morgan fingerprint density at radius 3 is 1.92 bits per heavy atom. The highest BCUT2D eigenvalue weighted by Crippen LogP contribution is 2.27. The summed E-state index contributed by atoms with van der Waals surface area (Å²) in [6.07, 6.45) is -3.63. The number of carbonyl (C=O) groups is 6. The number of nitrogens with two attached hydrogens (primary N) is 1. The number of ketones is 1. The second kappa shape index (κ2) is 22.4. The first-order valence-electron chi connectivity index (χ1n) is 17.3. The van der Waals surface area contributed by atoms with Crippen molar-refractivity contribution in [3.63, 3.8) is 0 Å². The van der Waals surface area contributed by atoms with Crippen molar-refractivity contribution >= 4 is 35.4 Å². The highest BCUT2D eigenvalue weighted by Gasteiger charge is 2.43. The Bertz CT molecular complexity index is 1070. The van der Waals surface area contributed by atoms with Crippen molar-refractivity contribution < 1.29 is 41.9 Å². The van der Waals surface area contributed by atoms with E-state index in [0.717, 1.165) is 19.3 Å². The molecule has 0 aromatic heterocycles. The van der Waals surface area contributed by atoms with Crippen LogP contribution >= 0.6 is 0 Å². The van der Waals surface area contributed by atoms with Gasteiger partial charge in [-0.2, -0.15) is 13.2 Å². The summed E-state index contributed by atoms with van der Waals surface area (Å²) in [5.74, 6) is -4.68. The third kappa shape index (κ3) is 20.7. The van der Waals surface area contributed by atoms with E-state index in [-0.39, 0.29) is 25.4 Å². The van der Waals surface area contributed by atoms with Crippen LogP contribution in [0.5, 0.6) is 0 Å². The van der Waals surface area contributed by atoms with Gasteiger partial charge in [-0.1, -0.05) is 82.1 Å². The van der Waals surface area contributed by atoms with Gasteiger partial charge >= 0.3 is 12.2 Å². The van der Waals surface area contributed by atoms with Crippen molar-refractivity contribution in [1.29, 1.82) is 0 Å². The molecule has 1 saturated heterocycles. The average molecular weight is 709 g/mol. The molecule has 1 fully saturated rings. The van der Waals surface area contributed by atoms with Gasteiger partial charge in [0.25, 0.3) is 5.91 Å². The second-order valence-electron chi connectivity index (χ2n) is 14.4. The Labute approximate surface area is 291 Å². The Hall–Kier alpha value is -3.39. The molecule has 0 aromatic carbocycles. The fourth-order valence-corrected chi connectivity index (χ4v) is 4.60. The summed E-state index contributed by atoms with van der Waals surface area (Å²) < 4.78 is 38.3. The van der Waals surface area contributed by atoms with Crippen LogP contribution in [0.2, 0.25) is 0 Å². The SMILES string of the molecule is CC.CC(C)(C)C.CCCCCN(CC)C(=O)CNC(=O)NC(C(=O)N1CCCC1C(=O)NC(CCC(F)(F)F)C(=O)C(N)=O)C(C)(C)C. The molecule has 1 heterocycles. The highest BCUT2D eigenvalue weighted by atomic mass is 19.4. The monoisotopic (exact) mass is 708 g/mol. The molecule has 12 nitrogen and oxygen atoms in total. The lowest BCUT2D eigenvalue weighted by Gasteiger charge is -2.35. The first-order valence-corrected chi connectivity index (χ1v) is 17.3. The van der Waals surface area contributed by atoms with E-state index in [0.29, 0.717) is 24.9 Å². The number of hydrogen-bond donors (Lipinski definition) is 4. The number of unbranched alkanes of at least 4 members (excludes halogenated alkanes) is 2. The quantitative estimate of drug-likeness (QED) is 0.142. The molecule has 286 valence electrons. The van der Waals surface area contributed by atoms with Gasteiger partial charge in [0.05, 0.1) is 12.6 Å². The first kappa shape index (κ1) is 47.7. The topological polar surface area (TPSA) is 171 Å². The summed E-state index contributed by atoms with van der Waals surface area (Å²) in [6.45, 7) is 22.6. The summed E-state index contributed by atoms with van der Waals surface area (Å²) in [6, 6.07) is -4.86. The van der Waals surface area contributed by atoms with E-state index < -0.39 is 72.1 Å². The second-order valence-corrected chi connectivity index (χ2v) is 14.4. The zero-order chi connectivity index (χ0) is 38.8. The van der Waals surface area contributed by atoms with Crippen LogP contribution in [0, 0.1) is 10.8 Å². The summed E-state index contributed by atoms with van der Waals surface area (Å²) in [5.41, 5.74) is 4.62. The van der Waals surface area contributed by atoms with Crippen molar-refractivity contribution in [2.75, 3.05) is 26.2 Å². The maximum atomic E-state index is 13.6. The van der Waals surface area contributed by atoms with E-state index >= 15 is 0 Å². The molecule has 0 spiro atoms. The average Bonchev–Trinajstić information content (AvgIpc) is 3.48. The smallest absolute Gasteiger partial charge is 0.363 e. The van der Waals surface area contributed by atoms with Crippen LogP contribution in [0.25, 0.3) is 0 Å². The summed E-state index contributed by atoms with van der Waals surface area (Å²) in [5, 5.41) is 7.22. The molecule has 1 rings (SSSR count). The molecule has 0 aliphatic carbocycles. The van der Waals surface area contributed by atoms with Crippen molar-refractivity contribution in [2.45, 2.75) is 145 Å². The molecule has 1 aliphatic heterocycles. The zero-order valence-electron chi connectivity index (χ0n) is 31.6. The van der Waals surface area contributed by atoms with Crippen molar-refractivity contribution in [1.82, 2.24) is 25.8 Å². The molecule has 49 heavy (non-hydrogen) atoms. The van der Waals surface area contributed by atoms with Gasteiger partial charge in [-0.15, -0.1) is 0 Å². The van der Waals surface area contributed by atoms with E-state index in [1.807, 2.05) is 27.7 Å². The maximum Gasteiger partial charge on any atom is 0.389 e. The van der Waals surface area contributed by atoms with E-state index in [2.05, 4.69) is 43.6 Å². The maximum absolute atomic E-state index is 13.6. The van der Waals surface area contributed by atoms with Crippen LogP contribution in [-0.4, -0.2) is 95.7 Å². The largest absolute Gasteiger partial charge is 0.389 e. The zero-order valence-corrected chi connectivity index (χ0v) is 31.6. The molecular weight excluding hydrogens is 645 g/mol. The third-order valence-electron chi connectivity index (χ3n) is 6.99. The van der Waals surface area contributed by atoms with E-state index in [4.69, 9.17) is 5.73 Å². The number of nitrogens with one attached hydrogen (secondary N) is 3. The normalized spacial score (nSPS) is 15.7. The third-order valence-corrected chi connectivity index (χ3v) is 6.99. The van der Waals surface area contributed by atoms with Crippen molar-refractivity contribution in [2.24, 2.45) is 16.6 Å². The van der Waals surface area contributed by atoms with Crippen molar-refractivity contribution in [3.05, 3.63) is 0 Å². The van der Waals surface area contributed by atoms with E-state index in [9.17, 15) is 41.9 Å². The standard InChI is InChI=1S/C27H45F3N6O6.C5H12.C2H6/c1-6-8-9-14-35(7-2)19(37)16-32-25(42)34-21(26(3,4)5)24(41)36-15-10-11-18(36)23(40)33-17(20(38)22(31)39)12-13-27(28,29)30;1-5(2,3)4;1-2/h17-18,21H,6-16H2,1-5H3,(H2,31,39)(H,33,40)(H2,32,34,42);1-4H3;1-2H3. The summed E-state index contributed by atoms with van der Waals surface area (Å²) in [7, 11) is 0. The van der Waals surface area contributed by atoms with Gasteiger partial charge in [-0.3, -0.25) is 24.0 Å². The number of primary amides is 1. The first-order chi connectivity index (χ1) is 22.4. The van der Waals surface area contributed by atoms with Gasteiger partial charge in [0.1, 0.15) is 12.1 Å². The van der Waals surface area contributed by atoms with E-state index in [1.54, 1.807) is 25.7 Å². The fraction of sp³-hybridized carbons (Fsp3) is 0.824. The van der Waals surface area contributed by atoms with Crippen LogP contribution in [0.15, 0.2) is 0 Å². The number of likely N-dealkylation sites (N-methyl/N-ethyl adjacent to an activating group) is 1. The van der Waals surface area contributed by atoms with Gasteiger partial charge in [-0.05, 0) is 43.4 Å². The van der Waals surface area contributed by atoms with Crippen LogP contribution in [0.1, 0.15) is 121 Å². The lowest BCUT2D eigenvalue weighted by molar-refractivity contribution is -0.146. The van der Waals surface area contributed by atoms with Crippen LogP contribution < -0.4 is 21.7 Å². The minimum Gasteiger partial charge on any atom is -0.363 e. The van der Waals surface area contributed by atoms with Crippen LogP contribution in [0.3, 0.4) is 0 Å². The van der Waals surface area contributed by atoms with Crippen LogP contribution in [0.4, 0.5) is 18.0 Å². The number of alkyl halides is 3. The Morgan fingerprint density at radius 2 is 1.47 bits per heavy atom. The van der Waals surface area contributed by atoms with Gasteiger partial charge < -0.3 is 31.5 Å². The predicted molar refractivity (Wildman–Crippen MR) is 184 cm³/mol. The Balaban J connectivity index is 0. The van der Waals surface area contributed by atoms with Gasteiger partial charge in [0, 0.05) is 26.1 Å². The van der Waals surface area contributed by atoms with Gasteiger partial charge in [-0.25, -0.2) is 4.79 Å². The molecule has 5 N–H and O–H groups in total. The van der Waals surface area contributed by atoms with Gasteiger partial charge in [0.15, 0.2) is 0 Å². The van der Waals surface area contributed by atoms with Gasteiger partial charge in [0.2, 0.25) is 23.5 Å². The lowest BCUT2D eigenvalue weighted by atomic mass is 9.85. The number of urea groups is 1. The predicted octanol–water partition coefficient (Wildman–Crippen LogP) is 4.69. The summed E-state index contributed by atoms with van der Waals surface area (Å²) in [4.78, 5) is 78.2. The molecule has 0 aromatic rings. The highest BCUT2D eigenvalue weighted by molar-refractivity contribution is 6.37. The summed E-state index contributed by atoms with van der Waals surface area (Å²) >= 11 is 0. The molecule has 0 radical (unpaired) electrons. The minimum atomic E-state index is -4.64. The molecule has 3 unspecified atom stereocenters. The molecule has 0 saturated carbocycles. The molecule has 15 heteroatoms.